The number of hydrogen-bond acceptors (Lipinski definition) is 4. The van der Waals surface area contributed by atoms with Crippen molar-refractivity contribution in [1.82, 2.24) is 15.3 Å². The maximum Gasteiger partial charge on any atom is 0.315 e. The van der Waals surface area contributed by atoms with Crippen molar-refractivity contribution in [2.45, 2.75) is 31.1 Å². The van der Waals surface area contributed by atoms with Crippen LogP contribution in [0.5, 0.6) is 0 Å². The Morgan fingerprint density at radius 2 is 1.81 bits per heavy atom. The highest BCUT2D eigenvalue weighted by Gasteiger charge is 2.46. The Labute approximate surface area is 151 Å². The first-order chi connectivity index (χ1) is 12.8. The topological polar surface area (TPSA) is 72.0 Å². The SMILES string of the molecule is O=C(CNC(=O)C(F)F)c1cnc(CC2(c3ccc(F)cc3F)CC2)nc1. The van der Waals surface area contributed by atoms with E-state index in [4.69, 9.17) is 0 Å². The number of nitrogens with one attached hydrogen (secondary N) is 1. The van der Waals surface area contributed by atoms with Crippen molar-refractivity contribution in [2.24, 2.45) is 0 Å². The summed E-state index contributed by atoms with van der Waals surface area (Å²) in [5.41, 5.74) is -0.0253. The third kappa shape index (κ3) is 4.29. The second kappa shape index (κ2) is 7.42. The molecular formula is C18H15F4N3O2. The maximum atomic E-state index is 14.1. The molecule has 1 saturated carbocycles. The lowest BCUT2D eigenvalue weighted by molar-refractivity contribution is -0.131. The van der Waals surface area contributed by atoms with Crippen LogP contribution < -0.4 is 5.32 Å². The first kappa shape index (κ1) is 18.9. The minimum atomic E-state index is -3.20. The van der Waals surface area contributed by atoms with E-state index in [-0.39, 0.29) is 5.56 Å². The summed E-state index contributed by atoms with van der Waals surface area (Å²) in [6.07, 6.45) is 1.01. The summed E-state index contributed by atoms with van der Waals surface area (Å²) in [6, 6.07) is 3.46. The number of Topliss-reactive ketones (excluding diaryl/α,β-unsaturated/α-hetero) is 1. The summed E-state index contributed by atoms with van der Waals surface area (Å²) in [4.78, 5) is 30.8. The van der Waals surface area contributed by atoms with Crippen LogP contribution in [0.25, 0.3) is 0 Å². The van der Waals surface area contributed by atoms with Gasteiger partial charge in [-0.25, -0.2) is 18.7 Å². The van der Waals surface area contributed by atoms with E-state index in [1.165, 1.54) is 24.5 Å². The zero-order valence-corrected chi connectivity index (χ0v) is 14.0. The van der Waals surface area contributed by atoms with Crippen LogP contribution in [0.1, 0.15) is 34.6 Å². The molecule has 142 valence electrons. The molecule has 0 radical (unpaired) electrons. The van der Waals surface area contributed by atoms with Gasteiger partial charge in [0.15, 0.2) is 5.78 Å². The van der Waals surface area contributed by atoms with Crippen molar-refractivity contribution in [3.05, 3.63) is 59.2 Å². The zero-order chi connectivity index (χ0) is 19.6. The van der Waals surface area contributed by atoms with E-state index < -0.39 is 41.7 Å². The minimum Gasteiger partial charge on any atom is -0.344 e. The van der Waals surface area contributed by atoms with E-state index in [1.54, 1.807) is 0 Å². The Morgan fingerprint density at radius 1 is 1.15 bits per heavy atom. The number of hydrogen-bond donors (Lipinski definition) is 1. The number of aromatic nitrogens is 2. The highest BCUT2D eigenvalue weighted by Crippen LogP contribution is 2.51. The van der Waals surface area contributed by atoms with Gasteiger partial charge in [-0.15, -0.1) is 0 Å². The van der Waals surface area contributed by atoms with E-state index in [9.17, 15) is 27.2 Å². The molecule has 1 aromatic carbocycles. The van der Waals surface area contributed by atoms with Crippen LogP contribution in [0.4, 0.5) is 17.6 Å². The van der Waals surface area contributed by atoms with Gasteiger partial charge in [-0.3, -0.25) is 9.59 Å². The van der Waals surface area contributed by atoms with E-state index >= 15 is 0 Å². The molecule has 3 rings (SSSR count). The summed E-state index contributed by atoms with van der Waals surface area (Å²) in [5.74, 6) is -3.03. The number of amides is 1. The van der Waals surface area contributed by atoms with Crippen molar-refractivity contribution in [3.63, 3.8) is 0 Å². The molecule has 5 nitrogen and oxygen atoms in total. The average Bonchev–Trinajstić information content (AvgIpc) is 3.40. The molecule has 1 heterocycles. The summed E-state index contributed by atoms with van der Waals surface area (Å²) >= 11 is 0. The van der Waals surface area contributed by atoms with Gasteiger partial charge in [-0.1, -0.05) is 6.07 Å². The Balaban J connectivity index is 1.66. The molecule has 1 N–H and O–H groups in total. The van der Waals surface area contributed by atoms with Gasteiger partial charge in [0, 0.05) is 30.3 Å². The molecule has 0 spiro atoms. The molecule has 0 aliphatic heterocycles. The van der Waals surface area contributed by atoms with Gasteiger partial charge >= 0.3 is 6.43 Å². The van der Waals surface area contributed by atoms with Gasteiger partial charge < -0.3 is 5.32 Å². The zero-order valence-electron chi connectivity index (χ0n) is 14.0. The quantitative estimate of drug-likeness (QED) is 0.591. The predicted molar refractivity (Wildman–Crippen MR) is 86.4 cm³/mol. The largest absolute Gasteiger partial charge is 0.344 e. The van der Waals surface area contributed by atoms with Gasteiger partial charge in [-0.2, -0.15) is 8.78 Å². The van der Waals surface area contributed by atoms with Gasteiger partial charge in [0.25, 0.3) is 5.91 Å². The number of carbonyl (C=O) groups excluding carboxylic acids is 2. The van der Waals surface area contributed by atoms with Gasteiger partial charge in [0.2, 0.25) is 0 Å². The standard InChI is InChI=1S/C18H15F4N3O2/c19-11-1-2-12(13(20)5-11)18(3-4-18)6-15-23-7-10(8-24-15)14(26)9-25-17(27)16(21)22/h1-2,5,7-8,16H,3-4,6,9H2,(H,25,27). The number of carbonyl (C=O) groups is 2. The molecule has 9 heteroatoms. The van der Waals surface area contributed by atoms with Crippen molar-refractivity contribution in [1.29, 1.82) is 0 Å². The summed E-state index contributed by atoms with van der Waals surface area (Å²) < 4.78 is 51.3. The highest BCUT2D eigenvalue weighted by atomic mass is 19.3. The molecule has 0 saturated heterocycles. The Hall–Kier alpha value is -2.84. The lowest BCUT2D eigenvalue weighted by Crippen LogP contribution is -2.34. The van der Waals surface area contributed by atoms with Crippen LogP contribution in [0.15, 0.2) is 30.6 Å². The molecule has 1 fully saturated rings. The fourth-order valence-corrected chi connectivity index (χ4v) is 2.85. The van der Waals surface area contributed by atoms with E-state index in [2.05, 4.69) is 9.97 Å². The lowest BCUT2D eigenvalue weighted by atomic mass is 9.91. The predicted octanol–water partition coefficient (Wildman–Crippen LogP) is 2.59. The van der Waals surface area contributed by atoms with E-state index in [0.29, 0.717) is 30.7 Å². The second-order valence-electron chi connectivity index (χ2n) is 6.41. The molecular weight excluding hydrogens is 366 g/mol. The van der Waals surface area contributed by atoms with Crippen molar-refractivity contribution in [2.75, 3.05) is 6.54 Å². The van der Waals surface area contributed by atoms with Crippen LogP contribution >= 0.6 is 0 Å². The number of halogens is 4. The Morgan fingerprint density at radius 3 is 2.37 bits per heavy atom. The normalized spacial score (nSPS) is 14.9. The highest BCUT2D eigenvalue weighted by molar-refractivity contribution is 5.99. The van der Waals surface area contributed by atoms with E-state index in [0.717, 1.165) is 6.07 Å². The van der Waals surface area contributed by atoms with Crippen LogP contribution in [0.3, 0.4) is 0 Å². The molecule has 0 bridgehead atoms. The van der Waals surface area contributed by atoms with Crippen LogP contribution in [-0.4, -0.2) is 34.6 Å². The smallest absolute Gasteiger partial charge is 0.315 e. The third-order valence-electron chi connectivity index (χ3n) is 4.50. The summed E-state index contributed by atoms with van der Waals surface area (Å²) in [5, 5.41) is 1.81. The second-order valence-corrected chi connectivity index (χ2v) is 6.41. The maximum absolute atomic E-state index is 14.1. The Kier molecular flexibility index (Phi) is 5.20. The molecule has 1 aliphatic rings. The van der Waals surface area contributed by atoms with Crippen LogP contribution in [0, 0.1) is 11.6 Å². The molecule has 27 heavy (non-hydrogen) atoms. The number of rotatable bonds is 7. The number of nitrogens with zero attached hydrogens (tertiary/aromatic N) is 2. The number of benzene rings is 1. The molecule has 1 amide bonds. The first-order valence-corrected chi connectivity index (χ1v) is 8.16. The summed E-state index contributed by atoms with van der Waals surface area (Å²) in [7, 11) is 0. The Bertz CT molecular complexity index is 867. The first-order valence-electron chi connectivity index (χ1n) is 8.16. The lowest BCUT2D eigenvalue weighted by Gasteiger charge is -2.15. The number of alkyl halides is 2. The van der Waals surface area contributed by atoms with Crippen molar-refractivity contribution in [3.8, 4) is 0 Å². The number of ketones is 1. The summed E-state index contributed by atoms with van der Waals surface area (Å²) in [6.45, 7) is -0.587. The van der Waals surface area contributed by atoms with Gasteiger partial charge in [-0.05, 0) is 24.5 Å². The molecule has 1 aliphatic carbocycles. The fourth-order valence-electron chi connectivity index (χ4n) is 2.85. The molecule has 1 aromatic heterocycles. The van der Waals surface area contributed by atoms with Crippen LogP contribution in [-0.2, 0) is 16.6 Å². The molecule has 0 unspecified atom stereocenters. The van der Waals surface area contributed by atoms with Gasteiger partial charge in [0.05, 0.1) is 12.1 Å². The molecule has 2 aromatic rings. The average molecular weight is 381 g/mol. The molecule has 0 atom stereocenters. The minimum absolute atomic E-state index is 0.0612. The third-order valence-corrected chi connectivity index (χ3v) is 4.50. The fraction of sp³-hybridized carbons (Fsp3) is 0.333. The van der Waals surface area contributed by atoms with E-state index in [1.807, 2.05) is 5.32 Å². The van der Waals surface area contributed by atoms with Crippen molar-refractivity contribution >= 4 is 11.7 Å². The van der Waals surface area contributed by atoms with Gasteiger partial charge in [0.1, 0.15) is 17.5 Å². The van der Waals surface area contributed by atoms with Crippen molar-refractivity contribution < 1.29 is 27.2 Å². The monoisotopic (exact) mass is 381 g/mol. The van der Waals surface area contributed by atoms with Crippen LogP contribution in [0.2, 0.25) is 0 Å².